The van der Waals surface area contributed by atoms with E-state index in [0.717, 1.165) is 0 Å². The average molecular weight is 536 g/mol. The first-order valence-corrected chi connectivity index (χ1v) is 13.2. The maximum absolute atomic E-state index is 3.10. The van der Waals surface area contributed by atoms with E-state index in [-0.39, 0.29) is 8.41 Å². The molecule has 0 amide bonds. The third-order valence-corrected chi connectivity index (χ3v) is 10.8. The fourth-order valence-corrected chi connectivity index (χ4v) is 8.01. The van der Waals surface area contributed by atoms with E-state index in [0.29, 0.717) is 11.8 Å². The van der Waals surface area contributed by atoms with Crippen molar-refractivity contribution in [3.63, 3.8) is 0 Å². The third kappa shape index (κ3) is 3.63. The van der Waals surface area contributed by atoms with Crippen LogP contribution in [0, 0.1) is 11.8 Å². The van der Waals surface area contributed by atoms with Crippen molar-refractivity contribution in [2.24, 2.45) is 11.8 Å². The SMILES string of the molecule is [As]C(c1ccccc1)(c1ccccc1)C1CCC1C([As])(c1ccccc1)c1ccccc1. The standard InChI is InChI=1S/C30H26As2/c31-29(23-13-5-1-6-14-23,24-15-7-2-8-16-24)27-21-22-28(27)30(32,25-17-9-3-10-18-25)26-19-11-4-12-20-26/h1-20,27-28H,21-22H2. The molecule has 5 rings (SSSR count). The van der Waals surface area contributed by atoms with Crippen LogP contribution in [0.15, 0.2) is 121 Å². The summed E-state index contributed by atoms with van der Waals surface area (Å²) >= 11 is 6.19. The Morgan fingerprint density at radius 1 is 0.406 bits per heavy atom. The molecule has 32 heavy (non-hydrogen) atoms. The summed E-state index contributed by atoms with van der Waals surface area (Å²) in [5.41, 5.74) is 5.54. The normalized spacial score (nSPS) is 18.7. The van der Waals surface area contributed by atoms with Crippen LogP contribution in [0.4, 0.5) is 0 Å². The van der Waals surface area contributed by atoms with E-state index < -0.39 is 0 Å². The maximum atomic E-state index is 3.10. The zero-order valence-corrected chi connectivity index (χ0v) is 21.8. The number of benzene rings is 4. The van der Waals surface area contributed by atoms with E-state index >= 15 is 0 Å². The number of hydrogen-bond acceptors (Lipinski definition) is 0. The number of rotatable bonds is 6. The van der Waals surface area contributed by atoms with Crippen LogP contribution >= 0.6 is 0 Å². The molecule has 0 bridgehead atoms. The molecule has 4 aromatic rings. The molecule has 1 aliphatic carbocycles. The van der Waals surface area contributed by atoms with Crippen molar-refractivity contribution < 1.29 is 0 Å². The van der Waals surface area contributed by atoms with Gasteiger partial charge in [0.05, 0.1) is 0 Å². The molecule has 1 saturated carbocycles. The van der Waals surface area contributed by atoms with E-state index in [1.54, 1.807) is 0 Å². The monoisotopic (exact) mass is 536 g/mol. The van der Waals surface area contributed by atoms with E-state index in [2.05, 4.69) is 155 Å². The molecule has 1 fully saturated rings. The Bertz CT molecular complexity index is 967. The summed E-state index contributed by atoms with van der Waals surface area (Å²) in [7, 11) is 0. The molecule has 0 heterocycles. The molecule has 2 heteroatoms. The zero-order valence-electron chi connectivity index (χ0n) is 18.0. The molecule has 4 radical (unpaired) electrons. The fraction of sp³-hybridized carbons (Fsp3) is 0.200. The first-order valence-electron chi connectivity index (χ1n) is 11.3. The van der Waals surface area contributed by atoms with Gasteiger partial charge in [0, 0.05) is 0 Å². The first-order chi connectivity index (χ1) is 15.6. The van der Waals surface area contributed by atoms with Crippen LogP contribution in [0.25, 0.3) is 0 Å². The van der Waals surface area contributed by atoms with Gasteiger partial charge in [0.1, 0.15) is 0 Å². The molecule has 0 nitrogen and oxygen atoms in total. The van der Waals surface area contributed by atoms with Crippen molar-refractivity contribution in [3.8, 4) is 0 Å². The van der Waals surface area contributed by atoms with Gasteiger partial charge in [-0.25, -0.2) is 0 Å². The molecule has 0 saturated heterocycles. The van der Waals surface area contributed by atoms with Crippen LogP contribution in [-0.2, 0) is 8.41 Å². The van der Waals surface area contributed by atoms with Gasteiger partial charge in [0.2, 0.25) is 0 Å². The van der Waals surface area contributed by atoms with Gasteiger partial charge in [-0.1, -0.05) is 0 Å². The van der Waals surface area contributed by atoms with Gasteiger partial charge in [-0.2, -0.15) is 0 Å². The molecule has 4 aromatic carbocycles. The van der Waals surface area contributed by atoms with E-state index in [1.807, 2.05) is 0 Å². The van der Waals surface area contributed by atoms with Gasteiger partial charge in [0.25, 0.3) is 0 Å². The fourth-order valence-electron chi connectivity index (χ4n) is 5.46. The van der Waals surface area contributed by atoms with Crippen LogP contribution in [0.1, 0.15) is 35.1 Å². The zero-order chi connectivity index (χ0) is 22.0. The van der Waals surface area contributed by atoms with E-state index in [9.17, 15) is 0 Å². The van der Waals surface area contributed by atoms with Crippen molar-refractivity contribution in [1.29, 1.82) is 0 Å². The Morgan fingerprint density at radius 2 is 0.625 bits per heavy atom. The number of hydrogen-bond donors (Lipinski definition) is 0. The second-order valence-electron chi connectivity index (χ2n) is 8.79. The molecule has 2 atom stereocenters. The summed E-state index contributed by atoms with van der Waals surface area (Å²) in [5.74, 6) is 1.02. The van der Waals surface area contributed by atoms with E-state index in [4.69, 9.17) is 0 Å². The Kier molecular flexibility index (Phi) is 6.20. The second-order valence-corrected chi connectivity index (χ2v) is 11.7. The van der Waals surface area contributed by atoms with Crippen molar-refractivity contribution in [2.75, 3.05) is 0 Å². The minimum absolute atomic E-state index is 0.104. The summed E-state index contributed by atoms with van der Waals surface area (Å²) in [6.45, 7) is 0. The van der Waals surface area contributed by atoms with Gasteiger partial charge >= 0.3 is 210 Å². The molecular weight excluding hydrogens is 510 g/mol. The molecule has 1 aliphatic rings. The van der Waals surface area contributed by atoms with Crippen LogP contribution in [0.2, 0.25) is 0 Å². The topological polar surface area (TPSA) is 0 Å². The van der Waals surface area contributed by atoms with Crippen molar-refractivity contribution in [3.05, 3.63) is 144 Å². The summed E-state index contributed by atoms with van der Waals surface area (Å²) in [4.78, 5) is 0. The van der Waals surface area contributed by atoms with Crippen LogP contribution in [-0.4, -0.2) is 33.7 Å². The predicted molar refractivity (Wildman–Crippen MR) is 135 cm³/mol. The summed E-state index contributed by atoms with van der Waals surface area (Å²) in [6, 6.07) is 44.3. The molecule has 0 aromatic heterocycles. The Morgan fingerprint density at radius 3 is 0.812 bits per heavy atom. The van der Waals surface area contributed by atoms with Crippen molar-refractivity contribution in [1.82, 2.24) is 0 Å². The van der Waals surface area contributed by atoms with Gasteiger partial charge in [-0.05, 0) is 0 Å². The molecule has 2 unspecified atom stereocenters. The predicted octanol–water partition coefficient (Wildman–Crippen LogP) is 6.24. The van der Waals surface area contributed by atoms with Gasteiger partial charge in [-0.3, -0.25) is 0 Å². The molecule has 0 spiro atoms. The van der Waals surface area contributed by atoms with E-state index in [1.165, 1.54) is 35.1 Å². The minimum atomic E-state index is -0.104. The Labute approximate surface area is 209 Å². The van der Waals surface area contributed by atoms with Gasteiger partial charge in [-0.15, -0.1) is 0 Å². The summed E-state index contributed by atoms with van der Waals surface area (Å²) < 4.78 is -0.208. The summed E-state index contributed by atoms with van der Waals surface area (Å²) in [5, 5.41) is 0. The van der Waals surface area contributed by atoms with Gasteiger partial charge in [0.15, 0.2) is 0 Å². The quantitative estimate of drug-likeness (QED) is 0.256. The molecular formula is C30H26As2. The Hall–Kier alpha value is -2.00. The second kappa shape index (κ2) is 9.09. The summed E-state index contributed by atoms with van der Waals surface area (Å²) in [6.07, 6.45) is 2.45. The third-order valence-electron chi connectivity index (χ3n) is 7.20. The molecule has 0 aliphatic heterocycles. The van der Waals surface area contributed by atoms with Crippen LogP contribution in [0.5, 0.6) is 0 Å². The van der Waals surface area contributed by atoms with Gasteiger partial charge < -0.3 is 0 Å². The Balaban J connectivity index is 1.67. The van der Waals surface area contributed by atoms with Crippen LogP contribution in [0.3, 0.4) is 0 Å². The van der Waals surface area contributed by atoms with Crippen molar-refractivity contribution >= 4 is 33.7 Å². The van der Waals surface area contributed by atoms with Crippen LogP contribution < -0.4 is 0 Å². The first kappa shape index (κ1) is 21.8. The molecule has 0 N–H and O–H groups in total. The average Bonchev–Trinajstić information content (AvgIpc) is 2.85. The molecule has 156 valence electrons. The van der Waals surface area contributed by atoms with Crippen molar-refractivity contribution in [2.45, 2.75) is 21.2 Å².